The summed E-state index contributed by atoms with van der Waals surface area (Å²) in [7, 11) is 0. The summed E-state index contributed by atoms with van der Waals surface area (Å²) in [5.74, 6) is 0. The number of aliphatic hydroxyl groups is 3. The Morgan fingerprint density at radius 3 is 2.08 bits per heavy atom. The summed E-state index contributed by atoms with van der Waals surface area (Å²) in [6.07, 6.45) is -3.96. The van der Waals surface area contributed by atoms with Gasteiger partial charge in [-0.05, 0) is 0 Å². The zero-order valence-corrected chi connectivity index (χ0v) is 6.50. The Morgan fingerprint density at radius 1 is 1.25 bits per heavy atom. The van der Waals surface area contributed by atoms with Gasteiger partial charge >= 0.3 is 0 Å². The van der Waals surface area contributed by atoms with Crippen molar-refractivity contribution >= 4 is 6.29 Å². The lowest BCUT2D eigenvalue weighted by molar-refractivity contribution is -0.116. The van der Waals surface area contributed by atoms with Crippen LogP contribution in [-0.4, -0.2) is 52.5 Å². The van der Waals surface area contributed by atoms with E-state index in [0.717, 1.165) is 0 Å². The molecule has 0 aromatic heterocycles. The molecule has 4 atom stereocenters. The Kier molecular flexibility index (Phi) is 4.95. The molecule has 0 amide bonds. The van der Waals surface area contributed by atoms with Crippen molar-refractivity contribution in [2.24, 2.45) is 11.5 Å². The van der Waals surface area contributed by atoms with Gasteiger partial charge in [-0.2, -0.15) is 0 Å². The molecule has 0 saturated carbocycles. The summed E-state index contributed by atoms with van der Waals surface area (Å²) in [5, 5.41) is 27.1. The Balaban J connectivity index is 4.07. The Hall–Kier alpha value is -0.530. The summed E-state index contributed by atoms with van der Waals surface area (Å²) in [6, 6.07) is -1.21. The number of hydrogen-bond donors (Lipinski definition) is 5. The summed E-state index contributed by atoms with van der Waals surface area (Å²) >= 11 is 0. The van der Waals surface area contributed by atoms with Gasteiger partial charge in [0.15, 0.2) is 0 Å². The number of rotatable bonds is 5. The first kappa shape index (κ1) is 11.5. The molecule has 0 radical (unpaired) electrons. The van der Waals surface area contributed by atoms with Crippen molar-refractivity contribution in [3.8, 4) is 0 Å². The Morgan fingerprint density at radius 2 is 1.75 bits per heavy atom. The van der Waals surface area contributed by atoms with Crippen LogP contribution in [0.5, 0.6) is 0 Å². The van der Waals surface area contributed by atoms with E-state index in [-0.39, 0.29) is 12.8 Å². The molecule has 72 valence electrons. The van der Waals surface area contributed by atoms with Crippen LogP contribution in [0.3, 0.4) is 0 Å². The molecule has 0 aliphatic carbocycles. The molecule has 0 aliphatic rings. The van der Waals surface area contributed by atoms with Crippen molar-refractivity contribution in [2.75, 3.05) is 6.54 Å². The zero-order chi connectivity index (χ0) is 9.72. The summed E-state index contributed by atoms with van der Waals surface area (Å²) < 4.78 is 0. The van der Waals surface area contributed by atoms with Crippen LogP contribution in [0, 0.1) is 0 Å². The lowest BCUT2D eigenvalue weighted by Crippen LogP contribution is -2.50. The molecule has 6 nitrogen and oxygen atoms in total. The van der Waals surface area contributed by atoms with Crippen LogP contribution in [0.25, 0.3) is 0 Å². The van der Waals surface area contributed by atoms with Crippen molar-refractivity contribution in [1.29, 1.82) is 0 Å². The number of carbonyl (C=O) groups excluding carboxylic acids is 1. The third kappa shape index (κ3) is 2.84. The van der Waals surface area contributed by atoms with Gasteiger partial charge in [0.2, 0.25) is 0 Å². The van der Waals surface area contributed by atoms with E-state index in [2.05, 4.69) is 0 Å². The van der Waals surface area contributed by atoms with Gasteiger partial charge in [-0.25, -0.2) is 0 Å². The Labute approximate surface area is 69.8 Å². The number of aldehydes is 1. The van der Waals surface area contributed by atoms with Crippen LogP contribution in [0.1, 0.15) is 0 Å². The quantitative estimate of drug-likeness (QED) is 0.278. The van der Waals surface area contributed by atoms with Crippen LogP contribution in [0.4, 0.5) is 0 Å². The van der Waals surface area contributed by atoms with Gasteiger partial charge in [-0.15, -0.1) is 0 Å². The normalized spacial score (nSPS) is 21.1. The molecule has 0 fully saturated rings. The first-order chi connectivity index (χ1) is 5.54. The highest BCUT2D eigenvalue weighted by atomic mass is 16.4. The average Bonchev–Trinajstić information content (AvgIpc) is 2.12. The first-order valence-corrected chi connectivity index (χ1v) is 3.49. The van der Waals surface area contributed by atoms with Crippen LogP contribution >= 0.6 is 0 Å². The van der Waals surface area contributed by atoms with Gasteiger partial charge in [0, 0.05) is 6.54 Å². The van der Waals surface area contributed by atoms with Crippen molar-refractivity contribution < 1.29 is 20.1 Å². The molecule has 0 bridgehead atoms. The zero-order valence-electron chi connectivity index (χ0n) is 6.50. The predicted octanol–water partition coefficient (Wildman–Crippen LogP) is -3.45. The maximum absolute atomic E-state index is 10.1. The minimum atomic E-state index is -1.49. The highest BCUT2D eigenvalue weighted by Crippen LogP contribution is 2.01. The Bertz CT molecular complexity index is 144. The highest BCUT2D eigenvalue weighted by molar-refractivity contribution is 5.58. The third-order valence-electron chi connectivity index (χ3n) is 1.54. The monoisotopic (exact) mass is 178 g/mol. The molecular weight excluding hydrogens is 164 g/mol. The van der Waals surface area contributed by atoms with Crippen LogP contribution in [0.15, 0.2) is 0 Å². The molecular formula is C6H14N2O4. The molecule has 7 N–H and O–H groups in total. The van der Waals surface area contributed by atoms with Crippen molar-refractivity contribution in [2.45, 2.75) is 24.4 Å². The molecule has 12 heavy (non-hydrogen) atoms. The van der Waals surface area contributed by atoms with E-state index < -0.39 is 24.4 Å². The second-order valence-electron chi connectivity index (χ2n) is 2.50. The fourth-order valence-corrected chi connectivity index (χ4v) is 0.675. The molecule has 0 heterocycles. The maximum atomic E-state index is 10.1. The van der Waals surface area contributed by atoms with E-state index in [0.29, 0.717) is 0 Å². The molecule has 6 heteroatoms. The first-order valence-electron chi connectivity index (χ1n) is 3.49. The summed E-state index contributed by atoms with van der Waals surface area (Å²) in [6.45, 7) is -0.205. The van der Waals surface area contributed by atoms with Gasteiger partial charge in [0.25, 0.3) is 0 Å². The standard InChI is InChI=1S/C6H14N2O4/c7-1-4(10)6(12)5(11)3(8)2-9/h2-6,10-12H,1,7-8H2/t3-,4+,5+,6-/m0/s1. The second-order valence-corrected chi connectivity index (χ2v) is 2.50. The van der Waals surface area contributed by atoms with Crippen LogP contribution in [0.2, 0.25) is 0 Å². The largest absolute Gasteiger partial charge is 0.389 e. The second kappa shape index (κ2) is 5.18. The highest BCUT2D eigenvalue weighted by Gasteiger charge is 2.28. The maximum Gasteiger partial charge on any atom is 0.139 e. The fourth-order valence-electron chi connectivity index (χ4n) is 0.675. The lowest BCUT2D eigenvalue weighted by atomic mass is 10.0. The molecule has 0 unspecified atom stereocenters. The number of aliphatic hydroxyl groups excluding tert-OH is 3. The van der Waals surface area contributed by atoms with Gasteiger partial charge in [0.05, 0.1) is 12.1 Å². The molecule has 0 spiro atoms. The predicted molar refractivity (Wildman–Crippen MR) is 41.1 cm³/mol. The fraction of sp³-hybridized carbons (Fsp3) is 0.833. The molecule has 0 rings (SSSR count). The van der Waals surface area contributed by atoms with E-state index >= 15 is 0 Å². The van der Waals surface area contributed by atoms with Crippen molar-refractivity contribution in [3.05, 3.63) is 0 Å². The smallest absolute Gasteiger partial charge is 0.139 e. The summed E-state index contributed by atoms with van der Waals surface area (Å²) in [4.78, 5) is 10.1. The van der Waals surface area contributed by atoms with Crippen molar-refractivity contribution in [3.63, 3.8) is 0 Å². The lowest BCUT2D eigenvalue weighted by Gasteiger charge is -2.23. The average molecular weight is 178 g/mol. The van der Waals surface area contributed by atoms with E-state index in [1.54, 1.807) is 0 Å². The molecule has 0 aromatic carbocycles. The van der Waals surface area contributed by atoms with E-state index in [4.69, 9.17) is 26.8 Å². The van der Waals surface area contributed by atoms with E-state index in [9.17, 15) is 4.79 Å². The molecule has 0 aliphatic heterocycles. The van der Waals surface area contributed by atoms with Gasteiger partial charge in [0.1, 0.15) is 18.5 Å². The van der Waals surface area contributed by atoms with Crippen LogP contribution in [-0.2, 0) is 4.79 Å². The van der Waals surface area contributed by atoms with Gasteiger partial charge in [-0.1, -0.05) is 0 Å². The minimum absolute atomic E-state index is 0.205. The SMILES string of the molecule is NC[C@@H](O)[C@H](O)[C@H](O)[C@@H](N)C=O. The van der Waals surface area contributed by atoms with Crippen molar-refractivity contribution in [1.82, 2.24) is 0 Å². The minimum Gasteiger partial charge on any atom is -0.389 e. The number of nitrogens with two attached hydrogens (primary N) is 2. The number of hydrogen-bond acceptors (Lipinski definition) is 6. The van der Waals surface area contributed by atoms with Gasteiger partial charge < -0.3 is 31.6 Å². The van der Waals surface area contributed by atoms with E-state index in [1.807, 2.05) is 0 Å². The topological polar surface area (TPSA) is 130 Å². The summed E-state index contributed by atoms with van der Waals surface area (Å²) in [5.41, 5.74) is 10.1. The molecule has 0 saturated heterocycles. The third-order valence-corrected chi connectivity index (χ3v) is 1.54. The molecule has 0 aromatic rings. The van der Waals surface area contributed by atoms with Crippen LogP contribution < -0.4 is 11.5 Å². The van der Waals surface area contributed by atoms with Gasteiger partial charge in [-0.3, -0.25) is 0 Å². The number of carbonyl (C=O) groups is 1. The van der Waals surface area contributed by atoms with E-state index in [1.165, 1.54) is 0 Å².